The Hall–Kier alpha value is -2.18. The van der Waals surface area contributed by atoms with Crippen molar-refractivity contribution in [3.8, 4) is 5.75 Å². The van der Waals surface area contributed by atoms with Crippen LogP contribution in [0.1, 0.15) is 5.56 Å². The van der Waals surface area contributed by atoms with Gasteiger partial charge in [0.1, 0.15) is 0 Å². The van der Waals surface area contributed by atoms with E-state index in [-0.39, 0.29) is 12.0 Å². The minimum Gasteiger partial charge on any atom is -0.502 e. The molecule has 1 aromatic rings. The molecule has 1 N–H and O–H groups in total. The number of esters is 1. The van der Waals surface area contributed by atoms with Crippen LogP contribution < -0.4 is 0 Å². The standard InChI is InChI=1S/C9H8FNO5/c1-16-8(13)4-5-2-6(10)9(11(14)15)7(12)3-5/h2-3,12H,4H2,1H3. The lowest BCUT2D eigenvalue weighted by Crippen LogP contribution is -2.05. The highest BCUT2D eigenvalue weighted by Crippen LogP contribution is 2.30. The van der Waals surface area contributed by atoms with Crippen molar-refractivity contribution in [1.29, 1.82) is 0 Å². The lowest BCUT2D eigenvalue weighted by Gasteiger charge is -2.02. The molecule has 0 spiro atoms. The molecule has 1 rings (SSSR count). The van der Waals surface area contributed by atoms with Crippen molar-refractivity contribution in [2.75, 3.05) is 7.11 Å². The molecule has 0 aromatic heterocycles. The first kappa shape index (κ1) is 11.9. The number of halogens is 1. The van der Waals surface area contributed by atoms with Gasteiger partial charge in [0.2, 0.25) is 5.82 Å². The van der Waals surface area contributed by atoms with Crippen LogP contribution in [0.15, 0.2) is 12.1 Å². The van der Waals surface area contributed by atoms with Crippen LogP contribution in [0.3, 0.4) is 0 Å². The van der Waals surface area contributed by atoms with Crippen molar-refractivity contribution in [2.45, 2.75) is 6.42 Å². The first-order chi connectivity index (χ1) is 7.45. The second-order valence-corrected chi connectivity index (χ2v) is 2.96. The van der Waals surface area contributed by atoms with Gasteiger partial charge in [0.05, 0.1) is 18.5 Å². The topological polar surface area (TPSA) is 89.7 Å². The van der Waals surface area contributed by atoms with Crippen LogP contribution >= 0.6 is 0 Å². The molecule has 1 aromatic carbocycles. The molecule has 86 valence electrons. The summed E-state index contributed by atoms with van der Waals surface area (Å²) in [5.74, 6) is -2.64. The number of carbonyl (C=O) groups excluding carboxylic acids is 1. The number of rotatable bonds is 3. The van der Waals surface area contributed by atoms with Gasteiger partial charge in [0.15, 0.2) is 5.75 Å². The van der Waals surface area contributed by atoms with Gasteiger partial charge in [0.25, 0.3) is 0 Å². The molecule has 0 radical (unpaired) electrons. The van der Waals surface area contributed by atoms with Crippen LogP contribution in [-0.4, -0.2) is 23.1 Å². The van der Waals surface area contributed by atoms with Gasteiger partial charge in [-0.05, 0) is 17.7 Å². The molecular formula is C9H8FNO5. The minimum absolute atomic E-state index is 0.104. The van der Waals surface area contributed by atoms with E-state index in [1.165, 1.54) is 0 Å². The molecule has 0 aliphatic carbocycles. The number of nitrogens with zero attached hydrogens (tertiary/aromatic N) is 1. The Labute approximate surface area is 89.4 Å². The Morgan fingerprint density at radius 3 is 2.69 bits per heavy atom. The molecule has 0 aliphatic rings. The lowest BCUT2D eigenvalue weighted by atomic mass is 10.1. The summed E-state index contributed by atoms with van der Waals surface area (Å²) in [6.45, 7) is 0. The maximum absolute atomic E-state index is 13.2. The molecule has 0 unspecified atom stereocenters. The van der Waals surface area contributed by atoms with E-state index in [0.29, 0.717) is 0 Å². The summed E-state index contributed by atoms with van der Waals surface area (Å²) in [7, 11) is 1.16. The summed E-state index contributed by atoms with van der Waals surface area (Å²) in [6.07, 6.45) is -0.265. The van der Waals surface area contributed by atoms with Crippen molar-refractivity contribution >= 4 is 11.7 Å². The van der Waals surface area contributed by atoms with Crippen LogP contribution in [0.5, 0.6) is 5.75 Å². The third kappa shape index (κ3) is 2.44. The summed E-state index contributed by atoms with van der Waals surface area (Å²) >= 11 is 0. The van der Waals surface area contributed by atoms with E-state index >= 15 is 0 Å². The zero-order valence-electron chi connectivity index (χ0n) is 8.27. The maximum Gasteiger partial charge on any atom is 0.345 e. The maximum atomic E-state index is 13.2. The molecule has 0 heterocycles. The third-order valence-electron chi connectivity index (χ3n) is 1.86. The van der Waals surface area contributed by atoms with E-state index in [9.17, 15) is 24.4 Å². The monoisotopic (exact) mass is 229 g/mol. The number of aromatic hydroxyl groups is 1. The molecule has 0 atom stereocenters. The Morgan fingerprint density at radius 1 is 1.62 bits per heavy atom. The zero-order valence-corrected chi connectivity index (χ0v) is 8.27. The molecule has 0 saturated carbocycles. The highest BCUT2D eigenvalue weighted by Gasteiger charge is 2.21. The first-order valence-corrected chi connectivity index (χ1v) is 4.18. The largest absolute Gasteiger partial charge is 0.502 e. The average Bonchev–Trinajstić information content (AvgIpc) is 2.15. The quantitative estimate of drug-likeness (QED) is 0.477. The molecule has 0 saturated heterocycles. The van der Waals surface area contributed by atoms with Crippen molar-refractivity contribution in [1.82, 2.24) is 0 Å². The van der Waals surface area contributed by atoms with Crippen molar-refractivity contribution in [3.05, 3.63) is 33.6 Å². The van der Waals surface area contributed by atoms with E-state index in [2.05, 4.69) is 4.74 Å². The number of carbonyl (C=O) groups is 1. The molecule has 7 heteroatoms. The Balaban J connectivity index is 3.10. The van der Waals surface area contributed by atoms with Crippen LogP contribution in [0.2, 0.25) is 0 Å². The number of hydrogen-bond acceptors (Lipinski definition) is 5. The third-order valence-corrected chi connectivity index (χ3v) is 1.86. The van der Waals surface area contributed by atoms with Crippen molar-refractivity contribution in [3.63, 3.8) is 0 Å². The Bertz CT molecular complexity index is 423. The number of benzene rings is 1. The molecule has 16 heavy (non-hydrogen) atoms. The predicted octanol–water partition coefficient (Wildman–Crippen LogP) is 1.15. The van der Waals surface area contributed by atoms with Gasteiger partial charge in [-0.2, -0.15) is 4.39 Å². The fourth-order valence-corrected chi connectivity index (χ4v) is 1.16. The number of nitro benzene ring substituents is 1. The minimum atomic E-state index is -1.19. The highest BCUT2D eigenvalue weighted by atomic mass is 19.1. The van der Waals surface area contributed by atoms with Gasteiger partial charge in [0, 0.05) is 0 Å². The smallest absolute Gasteiger partial charge is 0.345 e. The second-order valence-electron chi connectivity index (χ2n) is 2.96. The number of ether oxygens (including phenoxy) is 1. The van der Waals surface area contributed by atoms with Crippen molar-refractivity contribution in [2.24, 2.45) is 0 Å². The van der Waals surface area contributed by atoms with Crippen LogP contribution in [0.4, 0.5) is 10.1 Å². The zero-order chi connectivity index (χ0) is 12.3. The van der Waals surface area contributed by atoms with Gasteiger partial charge < -0.3 is 9.84 Å². The number of hydrogen-bond donors (Lipinski definition) is 1. The van der Waals surface area contributed by atoms with Gasteiger partial charge in [-0.3, -0.25) is 14.9 Å². The van der Waals surface area contributed by atoms with E-state index < -0.39 is 28.1 Å². The summed E-state index contributed by atoms with van der Waals surface area (Å²) in [6, 6.07) is 1.77. The summed E-state index contributed by atoms with van der Waals surface area (Å²) in [4.78, 5) is 20.2. The predicted molar refractivity (Wildman–Crippen MR) is 50.4 cm³/mol. The average molecular weight is 229 g/mol. The van der Waals surface area contributed by atoms with Gasteiger partial charge in [-0.15, -0.1) is 0 Å². The molecule has 0 aliphatic heterocycles. The lowest BCUT2D eigenvalue weighted by molar-refractivity contribution is -0.388. The van der Waals surface area contributed by atoms with E-state index in [4.69, 9.17) is 0 Å². The number of phenolic OH excluding ortho intramolecular Hbond substituents is 1. The van der Waals surface area contributed by atoms with E-state index in [0.717, 1.165) is 19.2 Å². The van der Waals surface area contributed by atoms with Gasteiger partial charge in [-0.1, -0.05) is 0 Å². The molecular weight excluding hydrogens is 221 g/mol. The first-order valence-electron chi connectivity index (χ1n) is 4.18. The highest BCUT2D eigenvalue weighted by molar-refractivity contribution is 5.73. The SMILES string of the molecule is COC(=O)Cc1cc(O)c([N+](=O)[O-])c(F)c1. The molecule has 0 bridgehead atoms. The van der Waals surface area contributed by atoms with Crippen LogP contribution in [0.25, 0.3) is 0 Å². The number of nitro groups is 1. The second kappa shape index (κ2) is 4.56. The Morgan fingerprint density at radius 2 is 2.25 bits per heavy atom. The van der Waals surface area contributed by atoms with Crippen molar-refractivity contribution < 1.29 is 24.0 Å². The van der Waals surface area contributed by atoms with Gasteiger partial charge in [-0.25, -0.2) is 0 Å². The number of phenols is 1. The fraction of sp³-hybridized carbons (Fsp3) is 0.222. The summed E-state index contributed by atoms with van der Waals surface area (Å²) in [5, 5.41) is 19.5. The van der Waals surface area contributed by atoms with Crippen LogP contribution in [0, 0.1) is 15.9 Å². The summed E-state index contributed by atoms with van der Waals surface area (Å²) in [5.41, 5.74) is -0.902. The summed E-state index contributed by atoms with van der Waals surface area (Å²) < 4.78 is 17.5. The van der Waals surface area contributed by atoms with Crippen LogP contribution in [-0.2, 0) is 16.0 Å². The Kier molecular flexibility index (Phi) is 3.39. The van der Waals surface area contributed by atoms with Gasteiger partial charge >= 0.3 is 11.7 Å². The van der Waals surface area contributed by atoms with E-state index in [1.807, 2.05) is 0 Å². The molecule has 6 nitrogen and oxygen atoms in total. The number of methoxy groups -OCH3 is 1. The molecule has 0 fully saturated rings. The molecule has 0 amide bonds. The van der Waals surface area contributed by atoms with E-state index in [1.54, 1.807) is 0 Å². The fourth-order valence-electron chi connectivity index (χ4n) is 1.16. The normalized spacial score (nSPS) is 9.88.